The number of aromatic nitrogens is 4. The average molecular weight is 433 g/mol. The number of fused-ring (bicyclic) bond motifs is 1. The van der Waals surface area contributed by atoms with Crippen LogP contribution in [0.15, 0.2) is 12.7 Å². The van der Waals surface area contributed by atoms with Crippen molar-refractivity contribution in [1.29, 1.82) is 0 Å². The topological polar surface area (TPSA) is 263 Å². The van der Waals surface area contributed by atoms with Gasteiger partial charge in [0.2, 0.25) is 5.60 Å². The molecule has 2 aromatic heterocycles. The lowest BCUT2D eigenvalue weighted by Gasteiger charge is -2.39. The van der Waals surface area contributed by atoms with Crippen LogP contribution in [0.2, 0.25) is 0 Å². The predicted octanol–water partition coefficient (Wildman–Crippen LogP) is -5.32. The third-order valence-electron chi connectivity index (χ3n) is 4.73. The summed E-state index contributed by atoms with van der Waals surface area (Å²) in [5.74, 6) is -1.68. The van der Waals surface area contributed by atoms with E-state index in [-0.39, 0.29) is 17.0 Å². The average Bonchev–Trinajstić information content (AvgIpc) is 3.20. The molecule has 5 atom stereocenters. The van der Waals surface area contributed by atoms with Crippen LogP contribution < -0.4 is 16.6 Å². The number of rotatable bonds is 6. The van der Waals surface area contributed by atoms with Crippen LogP contribution >= 0.6 is 0 Å². The summed E-state index contributed by atoms with van der Waals surface area (Å²) >= 11 is 0. The predicted molar refractivity (Wildman–Crippen MR) is 93.8 cm³/mol. The lowest BCUT2D eigenvalue weighted by atomic mass is 9.85. The van der Waals surface area contributed by atoms with Gasteiger partial charge in [0.1, 0.15) is 30.4 Å². The van der Waals surface area contributed by atoms with Crippen molar-refractivity contribution in [3.05, 3.63) is 12.7 Å². The van der Waals surface area contributed by atoms with Gasteiger partial charge in [0.25, 0.3) is 10.0 Å². The second-order valence-corrected chi connectivity index (χ2v) is 8.02. The number of nitrogens with two attached hydrogens (primary N) is 3. The summed E-state index contributed by atoms with van der Waals surface area (Å²) in [4.78, 5) is 24.2. The number of primary sulfonamides is 1. The lowest BCUT2D eigenvalue weighted by molar-refractivity contribution is -0.170. The molecule has 3 rings (SSSR count). The van der Waals surface area contributed by atoms with E-state index in [2.05, 4.69) is 15.0 Å². The summed E-state index contributed by atoms with van der Waals surface area (Å²) < 4.78 is 31.4. The van der Waals surface area contributed by atoms with Crippen molar-refractivity contribution in [2.75, 3.05) is 18.9 Å². The van der Waals surface area contributed by atoms with Gasteiger partial charge in [-0.25, -0.2) is 28.5 Å². The second-order valence-electron chi connectivity index (χ2n) is 6.38. The van der Waals surface area contributed by atoms with E-state index >= 15 is 0 Å². The zero-order chi connectivity index (χ0) is 21.8. The third kappa shape index (κ3) is 2.66. The van der Waals surface area contributed by atoms with Gasteiger partial charge >= 0.3 is 5.06 Å². The molecule has 0 unspecified atom stereocenters. The number of ketones is 1. The smallest absolute Gasteiger partial charge is 0.305 e. The molecule has 3 heterocycles. The molecule has 15 nitrogen and oxygen atoms in total. The molecule has 1 aliphatic heterocycles. The molecule has 1 aliphatic rings. The maximum atomic E-state index is 12.9. The van der Waals surface area contributed by atoms with Gasteiger partial charge in [-0.15, -0.1) is 0 Å². The molecule has 29 heavy (non-hydrogen) atoms. The molecule has 0 aromatic carbocycles. The number of nitrogens with zero attached hydrogens (tertiary/aromatic N) is 4. The fourth-order valence-corrected chi connectivity index (χ4v) is 4.67. The number of carbonyl (C=O) groups is 1. The zero-order valence-corrected chi connectivity index (χ0v) is 15.5. The number of sulfonamides is 1. The highest BCUT2D eigenvalue weighted by atomic mass is 32.2. The van der Waals surface area contributed by atoms with Crippen molar-refractivity contribution >= 4 is 32.8 Å². The molecule has 0 aliphatic carbocycles. The van der Waals surface area contributed by atoms with Gasteiger partial charge in [-0.3, -0.25) is 9.36 Å². The summed E-state index contributed by atoms with van der Waals surface area (Å²) in [5.41, 5.74) is 7.36. The Morgan fingerprint density at radius 3 is 2.55 bits per heavy atom. The molecular weight excluding hydrogens is 414 g/mol. The number of anilines is 1. The van der Waals surface area contributed by atoms with Gasteiger partial charge in [0.05, 0.1) is 19.3 Å². The molecule has 0 spiro atoms. The maximum Gasteiger partial charge on any atom is 0.305 e. The molecular formula is C13H19N7O8S. The van der Waals surface area contributed by atoms with Gasteiger partial charge in [0, 0.05) is 0 Å². The fraction of sp³-hybridized carbons (Fsp3) is 0.538. The highest BCUT2D eigenvalue weighted by molar-refractivity contribution is 7.89. The van der Waals surface area contributed by atoms with Crippen molar-refractivity contribution in [1.82, 2.24) is 19.5 Å². The number of hydrogen-bond donors (Lipinski definition) is 7. The first kappa shape index (κ1) is 21.4. The molecule has 10 N–H and O–H groups in total. The van der Waals surface area contributed by atoms with Crippen molar-refractivity contribution < 1.29 is 38.4 Å². The number of hydrogen-bond acceptors (Lipinski definition) is 13. The zero-order valence-electron chi connectivity index (χ0n) is 14.7. The van der Waals surface area contributed by atoms with Crippen LogP contribution in [0.3, 0.4) is 0 Å². The molecule has 1 fully saturated rings. The largest absolute Gasteiger partial charge is 0.394 e. The number of Topliss-reactive ketones (excluding diaryl/α,β-unsaturated/α-hetero) is 1. The summed E-state index contributed by atoms with van der Waals surface area (Å²) in [6, 6.07) is -1.83. The Balaban J connectivity index is 2.44. The molecule has 2 aromatic rings. The number of ether oxygens (including phenoxy) is 1. The van der Waals surface area contributed by atoms with E-state index in [0.29, 0.717) is 4.57 Å². The molecule has 0 bridgehead atoms. The van der Waals surface area contributed by atoms with E-state index in [4.69, 9.17) is 21.3 Å². The Morgan fingerprint density at radius 1 is 1.34 bits per heavy atom. The molecule has 160 valence electrons. The summed E-state index contributed by atoms with van der Waals surface area (Å²) in [6.45, 7) is -2.01. The fourth-order valence-electron chi connectivity index (χ4n) is 3.35. The van der Waals surface area contributed by atoms with Crippen LogP contribution in [0, 0.1) is 0 Å². The minimum atomic E-state index is -5.14. The minimum Gasteiger partial charge on any atom is -0.394 e. The Morgan fingerprint density at radius 2 is 2.00 bits per heavy atom. The van der Waals surface area contributed by atoms with Crippen LogP contribution in [-0.4, -0.2) is 91.2 Å². The highest BCUT2D eigenvalue weighted by Gasteiger charge is 2.76. The van der Waals surface area contributed by atoms with Gasteiger partial charge in [-0.2, -0.15) is 0 Å². The molecule has 0 saturated carbocycles. The number of aliphatic hydroxyl groups is 4. The normalized spacial score (nSPS) is 31.2. The van der Waals surface area contributed by atoms with Crippen LogP contribution in [0.1, 0.15) is 0 Å². The van der Waals surface area contributed by atoms with Gasteiger partial charge in [-0.1, -0.05) is 0 Å². The number of carbonyl (C=O) groups excluding carboxylic acids is 1. The Kier molecular flexibility index (Phi) is 5.08. The number of aliphatic hydroxyl groups excluding tert-OH is 3. The number of nitrogen functional groups attached to an aromatic ring is 1. The van der Waals surface area contributed by atoms with E-state index in [1.807, 2.05) is 0 Å². The molecule has 1 saturated heterocycles. The van der Waals surface area contributed by atoms with Crippen molar-refractivity contribution in [2.45, 2.75) is 28.9 Å². The quantitative estimate of drug-likeness (QED) is 0.224. The number of imidazole rings is 1. The first-order valence-corrected chi connectivity index (χ1v) is 9.58. The van der Waals surface area contributed by atoms with Crippen LogP contribution in [-0.2, 0) is 24.6 Å². The molecule has 0 amide bonds. The summed E-state index contributed by atoms with van der Waals surface area (Å²) in [7, 11) is -5.14. The van der Waals surface area contributed by atoms with Crippen molar-refractivity contribution in [2.24, 2.45) is 10.9 Å². The van der Waals surface area contributed by atoms with E-state index in [1.54, 1.807) is 0 Å². The van der Waals surface area contributed by atoms with Crippen molar-refractivity contribution in [3.63, 3.8) is 0 Å². The highest BCUT2D eigenvalue weighted by Crippen LogP contribution is 2.48. The molecule has 16 heteroatoms. The third-order valence-corrected chi connectivity index (χ3v) is 6.10. The standard InChI is InChI=1S/C13H19N7O8S/c14-5(1-21)8(23)12(25)9(24)6(2-22)28-13(12,29(16,26)27)20-4-19-7-10(15)17-3-18-11(7)20/h3-6,9,21-22,24-25H,1-2,14H2,(H2,15,17,18)(H2,16,26,27)/t5-,6+,9+,12+,13-/m0/s1. The van der Waals surface area contributed by atoms with Crippen molar-refractivity contribution in [3.8, 4) is 0 Å². The first-order chi connectivity index (χ1) is 13.5. The Labute approximate surface area is 162 Å². The maximum absolute atomic E-state index is 12.9. The van der Waals surface area contributed by atoms with Crippen LogP contribution in [0.25, 0.3) is 11.2 Å². The Bertz CT molecular complexity index is 1060. The molecule has 0 radical (unpaired) electrons. The SMILES string of the molecule is Nc1ncnc2c1ncn2[C@]1(S(N)(=O)=O)O[C@H](CO)[C@@H](O)[C@]1(O)C(=O)[C@@H](N)CO. The van der Waals surface area contributed by atoms with Crippen LogP contribution in [0.4, 0.5) is 5.82 Å². The van der Waals surface area contributed by atoms with E-state index in [0.717, 1.165) is 12.7 Å². The monoisotopic (exact) mass is 433 g/mol. The van der Waals surface area contributed by atoms with E-state index in [1.165, 1.54) is 0 Å². The van der Waals surface area contributed by atoms with E-state index < -0.39 is 57.9 Å². The van der Waals surface area contributed by atoms with Gasteiger partial charge < -0.3 is 36.6 Å². The summed E-state index contributed by atoms with van der Waals surface area (Å²) in [6.07, 6.45) is -2.35. The van der Waals surface area contributed by atoms with E-state index in [9.17, 15) is 33.6 Å². The van der Waals surface area contributed by atoms with Gasteiger partial charge in [0.15, 0.2) is 17.2 Å². The van der Waals surface area contributed by atoms with Crippen LogP contribution in [0.5, 0.6) is 0 Å². The lowest BCUT2D eigenvalue weighted by Crippen LogP contribution is -2.70. The summed E-state index contributed by atoms with van der Waals surface area (Å²) in [5, 5.41) is 42.6. The Hall–Kier alpha value is -2.31. The second kappa shape index (κ2) is 6.89. The minimum absolute atomic E-state index is 0.123. The van der Waals surface area contributed by atoms with Gasteiger partial charge in [-0.05, 0) is 0 Å². The first-order valence-electron chi connectivity index (χ1n) is 8.03.